The van der Waals surface area contributed by atoms with Crippen molar-refractivity contribution < 1.29 is 35.8 Å². The predicted molar refractivity (Wildman–Crippen MR) is 185 cm³/mol. The van der Waals surface area contributed by atoms with E-state index in [9.17, 15) is 18.0 Å². The van der Waals surface area contributed by atoms with Gasteiger partial charge in [0.1, 0.15) is 17.1 Å². The monoisotopic (exact) mass is 711 g/mol. The molecular formula is C35H61N5O8S. The van der Waals surface area contributed by atoms with Crippen molar-refractivity contribution >= 4 is 22.5 Å². The third-order valence-electron chi connectivity index (χ3n) is 9.95. The largest absolute Gasteiger partial charge is 0.444 e. The molecule has 49 heavy (non-hydrogen) atoms. The number of carbonyl (C=O) groups is 2. The Morgan fingerprint density at radius 1 is 0.980 bits per heavy atom. The van der Waals surface area contributed by atoms with E-state index < -0.39 is 33.6 Å². The fourth-order valence-corrected chi connectivity index (χ4v) is 8.18. The first-order valence-electron chi connectivity index (χ1n) is 18.7. The van der Waals surface area contributed by atoms with Crippen molar-refractivity contribution in [3.8, 4) is 0 Å². The normalized spacial score (nSPS) is 20.4. The molecule has 3 aliphatic heterocycles. The molecule has 0 aromatic carbocycles. The number of aromatic nitrogens is 1. The molecule has 3 aliphatic rings. The van der Waals surface area contributed by atoms with Crippen molar-refractivity contribution in [1.29, 1.82) is 0 Å². The summed E-state index contributed by atoms with van der Waals surface area (Å²) in [6.07, 6.45) is 11.4. The fourth-order valence-electron chi connectivity index (χ4n) is 7.32. The van der Waals surface area contributed by atoms with Crippen LogP contribution in [-0.2, 0) is 30.1 Å². The zero-order valence-electron chi connectivity index (χ0n) is 30.9. The quantitative estimate of drug-likeness (QED) is 0.125. The summed E-state index contributed by atoms with van der Waals surface area (Å²) in [5, 5.41) is 6.95. The van der Waals surface area contributed by atoms with Crippen LogP contribution in [0.4, 0.5) is 9.59 Å². The Labute approximate surface area is 294 Å². The van der Waals surface area contributed by atoms with Gasteiger partial charge in [-0.25, -0.2) is 9.59 Å². The molecule has 4 rings (SSSR count). The summed E-state index contributed by atoms with van der Waals surface area (Å²) < 4.78 is 49.6. The Balaban J connectivity index is 1.36. The Kier molecular flexibility index (Phi) is 13.8. The van der Waals surface area contributed by atoms with Crippen LogP contribution in [0, 0.1) is 5.92 Å². The number of likely N-dealkylation sites (tertiary alicyclic amines) is 1. The molecule has 3 amide bonds. The van der Waals surface area contributed by atoms with Crippen LogP contribution in [-0.4, -0.2) is 89.0 Å². The number of carbonyl (C=O) groups excluding carboxylic acids is 2. The van der Waals surface area contributed by atoms with E-state index in [0.717, 1.165) is 81.5 Å². The summed E-state index contributed by atoms with van der Waals surface area (Å²) in [5.41, 5.74) is -0.293. The van der Waals surface area contributed by atoms with Gasteiger partial charge in [0.05, 0.1) is 12.1 Å². The number of rotatable bonds is 20. The van der Waals surface area contributed by atoms with Crippen LogP contribution in [0.3, 0.4) is 0 Å². The molecule has 2 atom stereocenters. The molecule has 4 heterocycles. The number of hydroxylamine groups is 4. The zero-order chi connectivity index (χ0) is 35.8. The number of amides is 3. The van der Waals surface area contributed by atoms with Gasteiger partial charge in [0.2, 0.25) is 0 Å². The van der Waals surface area contributed by atoms with Crippen LogP contribution in [0.2, 0.25) is 0 Å². The maximum Gasteiger partial charge on any atom is 0.437 e. The molecule has 3 fully saturated rings. The van der Waals surface area contributed by atoms with Gasteiger partial charge in [-0.05, 0) is 71.6 Å². The number of piperidine rings is 1. The van der Waals surface area contributed by atoms with Crippen LogP contribution in [0.15, 0.2) is 10.6 Å². The minimum absolute atomic E-state index is 0.286. The second kappa shape index (κ2) is 17.2. The molecule has 0 N–H and O–H groups in total. The third kappa shape index (κ3) is 10.3. The van der Waals surface area contributed by atoms with Crippen molar-refractivity contribution in [3.63, 3.8) is 0 Å². The average Bonchev–Trinajstić information content (AvgIpc) is 3.58. The van der Waals surface area contributed by atoms with Crippen LogP contribution < -0.4 is 0 Å². The molecule has 14 heteroatoms. The average molecular weight is 712 g/mol. The van der Waals surface area contributed by atoms with E-state index >= 15 is 0 Å². The second-order valence-corrected chi connectivity index (χ2v) is 16.3. The van der Waals surface area contributed by atoms with Crippen molar-refractivity contribution in [1.82, 2.24) is 25.1 Å². The maximum atomic E-state index is 13.6. The number of aryl methyl sites for hydroxylation is 1. The number of hydrogen-bond acceptors (Lipinski definition) is 10. The van der Waals surface area contributed by atoms with Crippen molar-refractivity contribution in [2.24, 2.45) is 5.92 Å². The van der Waals surface area contributed by atoms with Crippen LogP contribution in [0.5, 0.6) is 0 Å². The number of unbranched alkanes of at least 4 members (excludes halogenated alkanes) is 3. The van der Waals surface area contributed by atoms with Crippen molar-refractivity contribution in [2.45, 2.75) is 162 Å². The van der Waals surface area contributed by atoms with Gasteiger partial charge in [-0.15, -0.1) is 4.28 Å². The van der Waals surface area contributed by atoms with E-state index in [2.05, 4.69) is 32.9 Å². The predicted octanol–water partition coefficient (Wildman–Crippen LogP) is 7.54. The minimum atomic E-state index is -4.59. The maximum absolute atomic E-state index is 13.6. The van der Waals surface area contributed by atoms with Gasteiger partial charge < -0.3 is 19.1 Å². The van der Waals surface area contributed by atoms with E-state index in [1.807, 2.05) is 26.8 Å². The van der Waals surface area contributed by atoms with Crippen LogP contribution in [0.1, 0.15) is 149 Å². The summed E-state index contributed by atoms with van der Waals surface area (Å²) in [6.45, 7) is 16.2. The second-order valence-electron chi connectivity index (χ2n) is 15.2. The van der Waals surface area contributed by atoms with Crippen molar-refractivity contribution in [2.75, 3.05) is 26.2 Å². The zero-order valence-corrected chi connectivity index (χ0v) is 31.8. The molecular weight excluding hydrogens is 650 g/mol. The minimum Gasteiger partial charge on any atom is -0.444 e. The molecule has 1 aromatic heterocycles. The van der Waals surface area contributed by atoms with E-state index in [4.69, 9.17) is 17.8 Å². The van der Waals surface area contributed by atoms with Gasteiger partial charge >= 0.3 is 22.5 Å². The van der Waals surface area contributed by atoms with E-state index in [-0.39, 0.29) is 12.1 Å². The molecule has 3 saturated heterocycles. The first-order chi connectivity index (χ1) is 23.2. The molecule has 0 unspecified atom stereocenters. The van der Waals surface area contributed by atoms with Crippen LogP contribution in [0.25, 0.3) is 0 Å². The lowest BCUT2D eigenvalue weighted by molar-refractivity contribution is -0.172. The van der Waals surface area contributed by atoms with Gasteiger partial charge in [0.15, 0.2) is 0 Å². The Morgan fingerprint density at radius 2 is 1.65 bits per heavy atom. The fraction of sp³-hybridized carbons (Fsp3) is 0.857. The third-order valence-corrected chi connectivity index (χ3v) is 10.7. The SMILES string of the molecule is CCCCN(OS(=O)(=O)ON1C(=O)N2C[C@@H]1CC[C@H]2c1cc(CCC2CN(C(=O)OC(C)(C)C)C2)on1)C(CCC)(CCCC)CCCC. The van der Waals surface area contributed by atoms with Gasteiger partial charge in [0.25, 0.3) is 0 Å². The van der Waals surface area contributed by atoms with Crippen molar-refractivity contribution in [3.05, 3.63) is 17.5 Å². The first-order valence-corrected chi connectivity index (χ1v) is 20.0. The Morgan fingerprint density at radius 3 is 2.27 bits per heavy atom. The number of urea groups is 1. The summed E-state index contributed by atoms with van der Waals surface area (Å²) in [7, 11) is -4.59. The molecule has 0 spiro atoms. The lowest BCUT2D eigenvalue weighted by Crippen LogP contribution is -2.51. The number of nitrogens with zero attached hydrogens (tertiary/aromatic N) is 5. The summed E-state index contributed by atoms with van der Waals surface area (Å²) >= 11 is 0. The number of fused-ring (bicyclic) bond motifs is 2. The molecule has 13 nitrogen and oxygen atoms in total. The lowest BCUT2D eigenvalue weighted by Gasteiger charge is -2.43. The highest BCUT2D eigenvalue weighted by molar-refractivity contribution is 7.81. The molecule has 0 radical (unpaired) electrons. The standard InChI is InChI=1S/C35H61N5O8S/c1-8-12-20-35(19-11-4,21-13-9-2)39(22-14-10-3)47-49(43,44)48-40-28-16-18-31(38(26-28)32(40)41)30-23-29(46-36-30)17-15-27-24-37(25-27)33(42)45-34(5,6)7/h23,27-28,31H,8-22,24-26H2,1-7H3/t28-,31-/m0/s1. The van der Waals surface area contributed by atoms with E-state index in [0.29, 0.717) is 57.1 Å². The molecule has 280 valence electrons. The number of hydrogen-bond donors (Lipinski definition) is 0. The highest BCUT2D eigenvalue weighted by Gasteiger charge is 2.49. The highest BCUT2D eigenvalue weighted by Crippen LogP contribution is 2.40. The van der Waals surface area contributed by atoms with E-state index in [1.54, 1.807) is 14.9 Å². The van der Waals surface area contributed by atoms with Crippen LogP contribution >= 0.6 is 0 Å². The lowest BCUT2D eigenvalue weighted by atomic mass is 9.82. The summed E-state index contributed by atoms with van der Waals surface area (Å²) in [4.78, 5) is 29.2. The summed E-state index contributed by atoms with van der Waals surface area (Å²) in [6, 6.07) is 0.617. The topological polar surface area (TPSA) is 135 Å². The first kappa shape index (κ1) is 39.4. The molecule has 0 aliphatic carbocycles. The molecule has 0 saturated carbocycles. The van der Waals surface area contributed by atoms with Gasteiger partial charge in [-0.2, -0.15) is 22.8 Å². The number of ether oxygens (including phenoxy) is 1. The highest BCUT2D eigenvalue weighted by atomic mass is 32.3. The van der Waals surface area contributed by atoms with Gasteiger partial charge in [0, 0.05) is 44.2 Å². The van der Waals surface area contributed by atoms with E-state index in [1.165, 1.54) is 0 Å². The molecule has 1 aromatic rings. The Hall–Kier alpha value is -2.42. The molecule has 2 bridgehead atoms. The van der Waals surface area contributed by atoms with Gasteiger partial charge in [-0.3, -0.25) is 0 Å². The summed E-state index contributed by atoms with van der Waals surface area (Å²) in [5.74, 6) is 1.08. The van der Waals surface area contributed by atoms with Gasteiger partial charge in [-0.1, -0.05) is 71.4 Å². The Bertz CT molecular complexity index is 1320. The smallest absolute Gasteiger partial charge is 0.437 e.